The minimum absolute atomic E-state index is 0.0523. The SMILES string of the molecule is CC1(C)CCCN1S(=O)(=O)c1ccc(C(=O)O)cc1Br. The molecule has 0 aromatic heterocycles. The summed E-state index contributed by atoms with van der Waals surface area (Å²) < 4.78 is 27.2. The van der Waals surface area contributed by atoms with Crippen LogP contribution in [0.25, 0.3) is 0 Å². The van der Waals surface area contributed by atoms with E-state index in [-0.39, 0.29) is 14.9 Å². The van der Waals surface area contributed by atoms with Crippen LogP contribution in [-0.2, 0) is 10.0 Å². The molecule has 7 heteroatoms. The topological polar surface area (TPSA) is 74.7 Å². The molecule has 1 aromatic rings. The van der Waals surface area contributed by atoms with Gasteiger partial charge in [-0.05, 0) is 60.8 Å². The van der Waals surface area contributed by atoms with Crippen molar-refractivity contribution < 1.29 is 18.3 Å². The molecule has 1 heterocycles. The Bertz CT molecular complexity index is 654. The first-order valence-corrected chi connectivity index (χ1v) is 8.45. The summed E-state index contributed by atoms with van der Waals surface area (Å²) in [6.45, 7) is 4.29. The number of rotatable bonds is 3. The van der Waals surface area contributed by atoms with Gasteiger partial charge in [0.2, 0.25) is 10.0 Å². The van der Waals surface area contributed by atoms with E-state index in [9.17, 15) is 13.2 Å². The van der Waals surface area contributed by atoms with E-state index in [1.165, 1.54) is 22.5 Å². The number of benzene rings is 1. The Kier molecular flexibility index (Phi) is 3.96. The lowest BCUT2D eigenvalue weighted by atomic mass is 10.0. The summed E-state index contributed by atoms with van der Waals surface area (Å²) in [5.74, 6) is -1.09. The van der Waals surface area contributed by atoms with E-state index in [0.29, 0.717) is 6.54 Å². The minimum atomic E-state index is -3.63. The van der Waals surface area contributed by atoms with Crippen molar-refractivity contribution in [3.63, 3.8) is 0 Å². The Hall–Kier alpha value is -0.920. The summed E-state index contributed by atoms with van der Waals surface area (Å²) in [4.78, 5) is 11.0. The largest absolute Gasteiger partial charge is 0.478 e. The van der Waals surface area contributed by atoms with Gasteiger partial charge in [-0.25, -0.2) is 13.2 Å². The van der Waals surface area contributed by atoms with Gasteiger partial charge in [-0.2, -0.15) is 4.31 Å². The number of hydrogen-bond acceptors (Lipinski definition) is 3. The number of carboxylic acid groups (broad SMARTS) is 1. The van der Waals surface area contributed by atoms with Crippen LogP contribution in [-0.4, -0.2) is 35.9 Å². The first kappa shape index (κ1) is 15.5. The Labute approximate surface area is 126 Å². The zero-order valence-electron chi connectivity index (χ0n) is 11.3. The third-order valence-electron chi connectivity index (χ3n) is 3.57. The molecule has 1 aromatic carbocycles. The van der Waals surface area contributed by atoms with Gasteiger partial charge < -0.3 is 5.11 Å². The van der Waals surface area contributed by atoms with Gasteiger partial charge in [0, 0.05) is 16.6 Å². The van der Waals surface area contributed by atoms with E-state index < -0.39 is 21.5 Å². The molecule has 0 saturated carbocycles. The molecule has 0 spiro atoms. The maximum absolute atomic E-state index is 12.7. The van der Waals surface area contributed by atoms with Gasteiger partial charge in [0.05, 0.1) is 10.5 Å². The third-order valence-corrected chi connectivity index (χ3v) is 6.66. The molecule has 0 bridgehead atoms. The van der Waals surface area contributed by atoms with Crippen molar-refractivity contribution in [3.8, 4) is 0 Å². The maximum atomic E-state index is 12.7. The fourth-order valence-electron chi connectivity index (χ4n) is 2.49. The van der Waals surface area contributed by atoms with Crippen LogP contribution in [0.1, 0.15) is 37.0 Å². The first-order valence-electron chi connectivity index (χ1n) is 6.22. The zero-order chi connectivity index (χ0) is 15.1. The monoisotopic (exact) mass is 361 g/mol. The zero-order valence-corrected chi connectivity index (χ0v) is 13.7. The molecule has 20 heavy (non-hydrogen) atoms. The predicted octanol–water partition coefficient (Wildman–Crippen LogP) is 2.71. The Morgan fingerprint density at radius 2 is 2.05 bits per heavy atom. The molecule has 0 unspecified atom stereocenters. The molecule has 110 valence electrons. The number of carbonyl (C=O) groups is 1. The second kappa shape index (κ2) is 5.13. The van der Waals surface area contributed by atoms with Crippen LogP contribution in [0, 0.1) is 0 Å². The number of sulfonamides is 1. The molecule has 0 amide bonds. The predicted molar refractivity (Wildman–Crippen MR) is 78.3 cm³/mol. The first-order chi connectivity index (χ1) is 9.16. The maximum Gasteiger partial charge on any atom is 0.335 e. The summed E-state index contributed by atoms with van der Waals surface area (Å²) >= 11 is 3.17. The summed E-state index contributed by atoms with van der Waals surface area (Å²) in [7, 11) is -3.63. The Morgan fingerprint density at radius 1 is 1.40 bits per heavy atom. The van der Waals surface area contributed by atoms with Crippen LogP contribution in [0.2, 0.25) is 0 Å². The Balaban J connectivity index is 2.48. The smallest absolute Gasteiger partial charge is 0.335 e. The fourth-order valence-corrected chi connectivity index (χ4v) is 5.38. The lowest BCUT2D eigenvalue weighted by Crippen LogP contribution is -2.42. The van der Waals surface area contributed by atoms with E-state index in [2.05, 4.69) is 15.9 Å². The van der Waals surface area contributed by atoms with Crippen LogP contribution >= 0.6 is 15.9 Å². The van der Waals surface area contributed by atoms with Crippen LogP contribution in [0.15, 0.2) is 27.6 Å². The molecule has 1 saturated heterocycles. The number of aromatic carboxylic acids is 1. The van der Waals surface area contributed by atoms with Gasteiger partial charge in [-0.1, -0.05) is 0 Å². The fraction of sp³-hybridized carbons (Fsp3) is 0.462. The van der Waals surface area contributed by atoms with Gasteiger partial charge >= 0.3 is 5.97 Å². The molecular weight excluding hydrogens is 346 g/mol. The summed E-state index contributed by atoms with van der Waals surface area (Å²) in [5, 5.41) is 8.92. The third kappa shape index (κ3) is 2.62. The van der Waals surface area contributed by atoms with Crippen LogP contribution in [0.4, 0.5) is 0 Å². The molecule has 1 aliphatic rings. The van der Waals surface area contributed by atoms with Crippen LogP contribution in [0.5, 0.6) is 0 Å². The van der Waals surface area contributed by atoms with Gasteiger partial charge in [0.15, 0.2) is 0 Å². The van der Waals surface area contributed by atoms with Crippen molar-refractivity contribution in [2.45, 2.75) is 37.1 Å². The average molecular weight is 362 g/mol. The molecule has 0 aliphatic carbocycles. The van der Waals surface area contributed by atoms with Crippen LogP contribution in [0.3, 0.4) is 0 Å². The minimum Gasteiger partial charge on any atom is -0.478 e. The van der Waals surface area contributed by atoms with Crippen molar-refractivity contribution in [1.82, 2.24) is 4.31 Å². The van der Waals surface area contributed by atoms with Crippen molar-refractivity contribution in [2.75, 3.05) is 6.54 Å². The lowest BCUT2D eigenvalue weighted by Gasteiger charge is -2.30. The number of carboxylic acids is 1. The summed E-state index contributed by atoms with van der Waals surface area (Å²) in [6.07, 6.45) is 1.65. The highest BCUT2D eigenvalue weighted by Crippen LogP contribution is 2.36. The second-order valence-electron chi connectivity index (χ2n) is 5.44. The Morgan fingerprint density at radius 3 is 2.50 bits per heavy atom. The molecule has 1 N–H and O–H groups in total. The standard InChI is InChI=1S/C13H16BrNO4S/c1-13(2)6-3-7-15(13)20(18,19)11-5-4-9(12(16)17)8-10(11)14/h4-5,8H,3,6-7H2,1-2H3,(H,16,17). The molecule has 5 nitrogen and oxygen atoms in total. The molecule has 2 rings (SSSR count). The van der Waals surface area contributed by atoms with Gasteiger partial charge in [0.1, 0.15) is 0 Å². The normalized spacial score (nSPS) is 19.1. The number of nitrogens with zero attached hydrogens (tertiary/aromatic N) is 1. The van der Waals surface area contributed by atoms with Crippen LogP contribution < -0.4 is 0 Å². The lowest BCUT2D eigenvalue weighted by molar-refractivity contribution is 0.0696. The second-order valence-corrected chi connectivity index (χ2v) is 8.13. The molecular formula is C13H16BrNO4S. The highest BCUT2D eigenvalue weighted by Gasteiger charge is 2.41. The quantitative estimate of drug-likeness (QED) is 0.897. The van der Waals surface area contributed by atoms with Crippen molar-refractivity contribution in [1.29, 1.82) is 0 Å². The van der Waals surface area contributed by atoms with Gasteiger partial charge in [-0.15, -0.1) is 0 Å². The average Bonchev–Trinajstić information content (AvgIpc) is 2.69. The van der Waals surface area contributed by atoms with E-state index in [4.69, 9.17) is 5.11 Å². The van der Waals surface area contributed by atoms with E-state index in [0.717, 1.165) is 12.8 Å². The molecule has 1 fully saturated rings. The highest BCUT2D eigenvalue weighted by molar-refractivity contribution is 9.10. The van der Waals surface area contributed by atoms with Crippen molar-refractivity contribution >= 4 is 31.9 Å². The molecule has 1 aliphatic heterocycles. The summed E-state index contributed by atoms with van der Waals surface area (Å²) in [6, 6.07) is 3.97. The van der Waals surface area contributed by atoms with E-state index in [1.54, 1.807) is 0 Å². The highest BCUT2D eigenvalue weighted by atomic mass is 79.9. The number of hydrogen-bond donors (Lipinski definition) is 1. The number of halogens is 1. The van der Waals surface area contributed by atoms with Crippen molar-refractivity contribution in [2.24, 2.45) is 0 Å². The van der Waals surface area contributed by atoms with Gasteiger partial charge in [-0.3, -0.25) is 0 Å². The summed E-state index contributed by atoms with van der Waals surface area (Å²) in [5.41, 5.74) is -0.361. The van der Waals surface area contributed by atoms with E-state index >= 15 is 0 Å². The molecule has 0 atom stereocenters. The molecule has 0 radical (unpaired) electrons. The van der Waals surface area contributed by atoms with E-state index in [1.807, 2.05) is 13.8 Å². The van der Waals surface area contributed by atoms with Gasteiger partial charge in [0.25, 0.3) is 0 Å². The van der Waals surface area contributed by atoms with Crippen molar-refractivity contribution in [3.05, 3.63) is 28.2 Å².